The molecule has 68 valence electrons. The zero-order chi connectivity index (χ0) is 8.69. The fourth-order valence-corrected chi connectivity index (χ4v) is 0.840. The first-order chi connectivity index (χ1) is 5.16. The molecule has 0 spiro atoms. The Bertz CT molecular complexity index is 83.6. The minimum atomic E-state index is 0.595. The summed E-state index contributed by atoms with van der Waals surface area (Å²) in [5.74, 6) is 0.606. The van der Waals surface area contributed by atoms with Crippen LogP contribution in [0.15, 0.2) is 0 Å². The molecule has 0 saturated heterocycles. The van der Waals surface area contributed by atoms with E-state index in [2.05, 4.69) is 20.8 Å². The van der Waals surface area contributed by atoms with Crippen LogP contribution in [0, 0.1) is 5.92 Å². The molecule has 11 heavy (non-hydrogen) atoms. The quantitative estimate of drug-likeness (QED) is 0.541. The highest BCUT2D eigenvalue weighted by Crippen LogP contribution is 2.03. The molecule has 0 atom stereocenters. The minimum Gasteiger partial charge on any atom is -0.146 e. The largest absolute Gasteiger partial charge is 0.146 e. The Balaban J connectivity index is 3.15. The first-order valence-corrected chi connectivity index (χ1v) is 4.57. The molecule has 0 aliphatic heterocycles. The van der Waals surface area contributed by atoms with E-state index in [1.807, 2.05) is 0 Å². The molecule has 0 N–H and O–H groups in total. The molecule has 1 nitrogen and oxygen atoms in total. The van der Waals surface area contributed by atoms with Gasteiger partial charge < -0.3 is 0 Å². The van der Waals surface area contributed by atoms with E-state index < -0.39 is 0 Å². The van der Waals surface area contributed by atoms with Crippen molar-refractivity contribution in [2.45, 2.75) is 40.0 Å². The minimum absolute atomic E-state index is 0.595. The zero-order valence-electron chi connectivity index (χ0n) is 7.94. The molecule has 0 aliphatic rings. The van der Waals surface area contributed by atoms with Gasteiger partial charge in [0.05, 0.1) is 0 Å². The third kappa shape index (κ3) is 7.79. The summed E-state index contributed by atoms with van der Waals surface area (Å²) in [7, 11) is 0. The van der Waals surface area contributed by atoms with Gasteiger partial charge in [-0.05, 0) is 18.8 Å². The molecule has 0 fully saturated rings. The summed E-state index contributed by atoms with van der Waals surface area (Å²) in [5.41, 5.74) is 0. The molecule has 0 aromatic carbocycles. The van der Waals surface area contributed by atoms with E-state index in [0.29, 0.717) is 19.0 Å². The third-order valence-electron chi connectivity index (χ3n) is 1.70. The van der Waals surface area contributed by atoms with Crippen LogP contribution >= 0.6 is 0 Å². The van der Waals surface area contributed by atoms with Gasteiger partial charge in [0.25, 0.3) is 0 Å². The predicted octanol–water partition coefficient (Wildman–Crippen LogP) is 3.02. The van der Waals surface area contributed by atoms with E-state index in [1.165, 1.54) is 0 Å². The fraction of sp³-hybridized carbons (Fsp3) is 1.00. The first kappa shape index (κ1) is 10.9. The number of unbranched alkanes of at least 4 members (excludes halogenated alkanes) is 1. The monoisotopic (exact) mass is 161 g/mol. The summed E-state index contributed by atoms with van der Waals surface area (Å²) >= 11 is 0. The van der Waals surface area contributed by atoms with Crippen LogP contribution in [0.4, 0.5) is 4.48 Å². The number of hydrogen-bond acceptors (Lipinski definition) is 1. The van der Waals surface area contributed by atoms with Crippen molar-refractivity contribution in [2.24, 2.45) is 5.92 Å². The normalized spacial score (nSPS) is 11.5. The molecule has 0 rings (SSSR count). The number of hydrogen-bond donors (Lipinski definition) is 0. The molecule has 0 saturated carbocycles. The van der Waals surface area contributed by atoms with Crippen molar-refractivity contribution >= 4 is 0 Å². The summed E-state index contributed by atoms with van der Waals surface area (Å²) in [4.78, 5) is 0. The smallest absolute Gasteiger partial charge is 0.0292 e. The zero-order valence-corrected chi connectivity index (χ0v) is 7.94. The average molecular weight is 161 g/mol. The predicted molar refractivity (Wildman–Crippen MR) is 47.0 cm³/mol. The Labute approximate surface area is 69.5 Å². The highest BCUT2D eigenvalue weighted by molar-refractivity contribution is 4.49. The van der Waals surface area contributed by atoms with Crippen molar-refractivity contribution in [2.75, 3.05) is 13.1 Å². The number of nitrogens with zero attached hydrogens (tertiary/aromatic N) is 1. The maximum Gasteiger partial charge on any atom is 0.0292 e. The van der Waals surface area contributed by atoms with Gasteiger partial charge in [0, 0.05) is 13.1 Å². The molecule has 0 aromatic rings. The van der Waals surface area contributed by atoms with E-state index in [4.69, 9.17) is 0 Å². The van der Waals surface area contributed by atoms with Gasteiger partial charge in [0.15, 0.2) is 0 Å². The topological polar surface area (TPSA) is 3.24 Å². The molecule has 0 radical (unpaired) electrons. The molecule has 2 heteroatoms. The Hall–Kier alpha value is -0.110. The second-order valence-electron chi connectivity index (χ2n) is 3.45. The summed E-state index contributed by atoms with van der Waals surface area (Å²) in [6, 6.07) is 0. The van der Waals surface area contributed by atoms with Crippen LogP contribution in [0.1, 0.15) is 40.0 Å². The lowest BCUT2D eigenvalue weighted by Gasteiger charge is -2.11. The molecule has 0 unspecified atom stereocenters. The van der Waals surface area contributed by atoms with Crippen molar-refractivity contribution in [3.8, 4) is 0 Å². The molecular formula is C9H20FN. The first-order valence-electron chi connectivity index (χ1n) is 4.57. The van der Waals surface area contributed by atoms with Gasteiger partial charge in [-0.15, -0.1) is 9.60 Å². The van der Waals surface area contributed by atoms with Gasteiger partial charge in [0.2, 0.25) is 0 Å². The standard InChI is InChI=1S/C9H20FN/c1-4-5-7-11(10)8-6-9(2)3/h9H,4-8H2,1-3H3. The van der Waals surface area contributed by atoms with Crippen LogP contribution in [-0.2, 0) is 0 Å². The van der Waals surface area contributed by atoms with Gasteiger partial charge in [-0.1, -0.05) is 27.2 Å². The van der Waals surface area contributed by atoms with E-state index in [0.717, 1.165) is 24.4 Å². The molecule has 0 aromatic heterocycles. The van der Waals surface area contributed by atoms with Gasteiger partial charge >= 0.3 is 0 Å². The molecule has 0 heterocycles. The lowest BCUT2D eigenvalue weighted by Crippen LogP contribution is -2.17. The van der Waals surface area contributed by atoms with Gasteiger partial charge in [0.1, 0.15) is 0 Å². The van der Waals surface area contributed by atoms with Crippen LogP contribution < -0.4 is 0 Å². The van der Waals surface area contributed by atoms with Crippen molar-refractivity contribution in [1.82, 2.24) is 5.12 Å². The van der Waals surface area contributed by atoms with Crippen LogP contribution in [0.2, 0.25) is 0 Å². The maximum absolute atomic E-state index is 12.8. The average Bonchev–Trinajstić information content (AvgIpc) is 1.97. The van der Waals surface area contributed by atoms with E-state index in [9.17, 15) is 4.48 Å². The number of rotatable bonds is 6. The fourth-order valence-electron chi connectivity index (χ4n) is 0.840. The van der Waals surface area contributed by atoms with Crippen LogP contribution in [0.3, 0.4) is 0 Å². The lowest BCUT2D eigenvalue weighted by molar-refractivity contribution is 0.0195. The second-order valence-corrected chi connectivity index (χ2v) is 3.45. The van der Waals surface area contributed by atoms with E-state index >= 15 is 0 Å². The van der Waals surface area contributed by atoms with Crippen LogP contribution in [-0.4, -0.2) is 18.2 Å². The highest BCUT2D eigenvalue weighted by Gasteiger charge is 2.02. The van der Waals surface area contributed by atoms with Gasteiger partial charge in [-0.3, -0.25) is 0 Å². The summed E-state index contributed by atoms with van der Waals surface area (Å²) in [6.45, 7) is 7.51. The second kappa shape index (κ2) is 6.59. The van der Waals surface area contributed by atoms with Crippen molar-refractivity contribution in [1.29, 1.82) is 0 Å². The number of halogens is 1. The van der Waals surface area contributed by atoms with Crippen molar-refractivity contribution in [3.05, 3.63) is 0 Å². The van der Waals surface area contributed by atoms with E-state index in [1.54, 1.807) is 0 Å². The van der Waals surface area contributed by atoms with Crippen molar-refractivity contribution in [3.63, 3.8) is 0 Å². The molecule has 0 amide bonds. The Kier molecular flexibility index (Phi) is 6.52. The van der Waals surface area contributed by atoms with Crippen LogP contribution in [0.5, 0.6) is 0 Å². The Morgan fingerprint density at radius 2 is 1.91 bits per heavy atom. The Morgan fingerprint density at radius 3 is 2.36 bits per heavy atom. The summed E-state index contributed by atoms with van der Waals surface area (Å²) in [6.07, 6.45) is 3.00. The summed E-state index contributed by atoms with van der Waals surface area (Å²) in [5, 5.41) is 0.934. The highest BCUT2D eigenvalue weighted by atomic mass is 19.2. The molecule has 0 aliphatic carbocycles. The SMILES string of the molecule is CCCCN(F)CCC(C)C. The molecular weight excluding hydrogens is 141 g/mol. The Morgan fingerprint density at radius 1 is 1.27 bits per heavy atom. The third-order valence-corrected chi connectivity index (χ3v) is 1.70. The van der Waals surface area contributed by atoms with E-state index in [-0.39, 0.29) is 0 Å². The lowest BCUT2D eigenvalue weighted by atomic mass is 10.1. The maximum atomic E-state index is 12.8. The van der Waals surface area contributed by atoms with Crippen LogP contribution in [0.25, 0.3) is 0 Å². The van der Waals surface area contributed by atoms with Gasteiger partial charge in [-0.2, -0.15) is 0 Å². The van der Waals surface area contributed by atoms with Crippen molar-refractivity contribution < 1.29 is 4.48 Å². The van der Waals surface area contributed by atoms with Gasteiger partial charge in [-0.25, -0.2) is 0 Å². The molecule has 0 bridgehead atoms. The summed E-state index contributed by atoms with van der Waals surface area (Å²) < 4.78 is 12.8.